The molecule has 1 aliphatic rings. The Morgan fingerprint density at radius 1 is 1.37 bits per heavy atom. The zero-order valence-electron chi connectivity index (χ0n) is 10.6. The molecule has 1 aliphatic heterocycles. The molecule has 1 saturated heterocycles. The van der Waals surface area contributed by atoms with E-state index in [-0.39, 0.29) is 5.91 Å². The first-order valence-corrected chi connectivity index (χ1v) is 6.97. The number of nitrogens with zero attached hydrogens (tertiary/aromatic N) is 3. The fourth-order valence-corrected chi connectivity index (χ4v) is 2.82. The molecule has 1 N–H and O–H groups in total. The van der Waals surface area contributed by atoms with E-state index in [4.69, 9.17) is 12.2 Å². The van der Waals surface area contributed by atoms with E-state index in [0.717, 1.165) is 37.0 Å². The average molecular weight is 276 g/mol. The number of hydrogen-bond donors (Lipinski definition) is 1. The van der Waals surface area contributed by atoms with Gasteiger partial charge in [0.25, 0.3) is 0 Å². The first kappa shape index (κ1) is 12.3. The Morgan fingerprint density at radius 2 is 2.16 bits per heavy atom. The number of pyridine rings is 1. The minimum atomic E-state index is 0.147. The third kappa shape index (κ3) is 2.40. The molecular weight excluding hydrogens is 260 g/mol. The van der Waals surface area contributed by atoms with Crippen molar-refractivity contribution in [1.29, 1.82) is 0 Å². The molecular formula is C13H16N4OS. The lowest BCUT2D eigenvalue weighted by molar-refractivity contribution is -0.132. The lowest BCUT2D eigenvalue weighted by atomic mass is 10.1. The first-order chi connectivity index (χ1) is 9.25. The Hall–Kier alpha value is -1.69. The highest BCUT2D eigenvalue weighted by atomic mass is 32.1. The number of H-pyrrole nitrogens is 1. The molecule has 2 aromatic rings. The second kappa shape index (κ2) is 5.13. The molecule has 3 heterocycles. The molecule has 19 heavy (non-hydrogen) atoms. The highest BCUT2D eigenvalue weighted by Gasteiger charge is 2.17. The summed E-state index contributed by atoms with van der Waals surface area (Å²) in [7, 11) is 0. The van der Waals surface area contributed by atoms with Crippen LogP contribution in [-0.4, -0.2) is 38.4 Å². The Balaban J connectivity index is 1.86. The van der Waals surface area contributed by atoms with Crippen LogP contribution >= 0.6 is 12.2 Å². The summed E-state index contributed by atoms with van der Waals surface area (Å²) in [5.74, 6) is 0.147. The number of nitrogens with one attached hydrogen (secondary N) is 1. The number of likely N-dealkylation sites (tertiary alicyclic amines) is 1. The number of aromatic amines is 1. The van der Waals surface area contributed by atoms with E-state index in [9.17, 15) is 4.79 Å². The van der Waals surface area contributed by atoms with Crippen molar-refractivity contribution in [3.8, 4) is 0 Å². The second-order valence-electron chi connectivity index (χ2n) is 4.85. The minimum absolute atomic E-state index is 0.147. The van der Waals surface area contributed by atoms with Gasteiger partial charge in [0.15, 0.2) is 4.77 Å². The maximum absolute atomic E-state index is 12.3. The Bertz CT molecular complexity index is 654. The monoisotopic (exact) mass is 276 g/mol. The summed E-state index contributed by atoms with van der Waals surface area (Å²) in [6, 6.07) is 1.88. The molecule has 100 valence electrons. The molecule has 0 bridgehead atoms. The Morgan fingerprint density at radius 3 is 2.95 bits per heavy atom. The highest BCUT2D eigenvalue weighted by molar-refractivity contribution is 7.71. The molecule has 0 aliphatic carbocycles. The first-order valence-electron chi connectivity index (χ1n) is 6.56. The van der Waals surface area contributed by atoms with Gasteiger partial charge >= 0.3 is 0 Å². The van der Waals surface area contributed by atoms with Crippen LogP contribution in [0.15, 0.2) is 18.5 Å². The predicted octanol–water partition coefficient (Wildman–Crippen LogP) is 2.11. The van der Waals surface area contributed by atoms with Gasteiger partial charge in [-0.15, -0.1) is 0 Å². The number of amides is 1. The van der Waals surface area contributed by atoms with Crippen LogP contribution in [0.1, 0.15) is 19.3 Å². The number of fused-ring (bicyclic) bond motifs is 1. The van der Waals surface area contributed by atoms with Gasteiger partial charge in [-0.3, -0.25) is 9.78 Å². The van der Waals surface area contributed by atoms with Gasteiger partial charge in [0, 0.05) is 19.3 Å². The topological polar surface area (TPSA) is 53.9 Å². The molecule has 3 rings (SSSR count). The number of carbonyl (C=O) groups is 1. The summed E-state index contributed by atoms with van der Waals surface area (Å²) < 4.78 is 2.43. The highest BCUT2D eigenvalue weighted by Crippen LogP contribution is 2.14. The van der Waals surface area contributed by atoms with Crippen molar-refractivity contribution in [2.24, 2.45) is 0 Å². The molecule has 0 aromatic carbocycles. The quantitative estimate of drug-likeness (QED) is 0.855. The van der Waals surface area contributed by atoms with Crippen molar-refractivity contribution >= 4 is 29.2 Å². The number of rotatable bonds is 2. The van der Waals surface area contributed by atoms with Crippen LogP contribution in [0, 0.1) is 4.77 Å². The van der Waals surface area contributed by atoms with Gasteiger partial charge in [-0.2, -0.15) is 0 Å². The van der Waals surface area contributed by atoms with Crippen LogP contribution in [0.25, 0.3) is 11.0 Å². The van der Waals surface area contributed by atoms with E-state index < -0.39 is 0 Å². The number of imidazole rings is 1. The predicted molar refractivity (Wildman–Crippen MR) is 75.3 cm³/mol. The van der Waals surface area contributed by atoms with Gasteiger partial charge in [0.1, 0.15) is 6.54 Å². The Kier molecular flexibility index (Phi) is 3.33. The molecule has 0 unspecified atom stereocenters. The minimum Gasteiger partial charge on any atom is -0.341 e. The van der Waals surface area contributed by atoms with Gasteiger partial charge < -0.3 is 14.5 Å². The van der Waals surface area contributed by atoms with Crippen molar-refractivity contribution in [3.63, 3.8) is 0 Å². The SMILES string of the molecule is O=C(Cn1c(=S)[nH]c2cnccc21)N1CCCCC1. The van der Waals surface area contributed by atoms with Crippen molar-refractivity contribution in [2.45, 2.75) is 25.8 Å². The van der Waals surface area contributed by atoms with Crippen molar-refractivity contribution in [2.75, 3.05) is 13.1 Å². The molecule has 2 aromatic heterocycles. The number of hydrogen-bond acceptors (Lipinski definition) is 3. The van der Waals surface area contributed by atoms with E-state index in [1.54, 1.807) is 12.4 Å². The van der Waals surface area contributed by atoms with Crippen molar-refractivity contribution in [1.82, 2.24) is 19.4 Å². The standard InChI is InChI=1S/C13H16N4OS/c18-12(16-6-2-1-3-7-16)9-17-11-4-5-14-8-10(11)15-13(17)19/h4-5,8H,1-3,6-7,9H2,(H,15,19). The van der Waals surface area contributed by atoms with Gasteiger partial charge in [-0.05, 0) is 37.5 Å². The summed E-state index contributed by atoms with van der Waals surface area (Å²) in [5.41, 5.74) is 1.81. The average Bonchev–Trinajstić information content (AvgIpc) is 2.76. The lowest BCUT2D eigenvalue weighted by Gasteiger charge is -2.26. The van der Waals surface area contributed by atoms with Crippen LogP contribution in [0.4, 0.5) is 0 Å². The van der Waals surface area contributed by atoms with Crippen LogP contribution in [0.5, 0.6) is 0 Å². The van der Waals surface area contributed by atoms with Gasteiger partial charge in [-0.25, -0.2) is 0 Å². The van der Waals surface area contributed by atoms with E-state index in [1.165, 1.54) is 6.42 Å². The summed E-state index contributed by atoms with van der Waals surface area (Å²) in [5, 5.41) is 0. The zero-order valence-corrected chi connectivity index (χ0v) is 11.4. The normalized spacial score (nSPS) is 15.9. The smallest absolute Gasteiger partial charge is 0.242 e. The fourth-order valence-electron chi connectivity index (χ4n) is 2.55. The summed E-state index contributed by atoms with van der Waals surface area (Å²) >= 11 is 5.28. The number of carbonyl (C=O) groups excluding carboxylic acids is 1. The lowest BCUT2D eigenvalue weighted by Crippen LogP contribution is -2.37. The van der Waals surface area contributed by atoms with Crippen LogP contribution in [-0.2, 0) is 11.3 Å². The van der Waals surface area contributed by atoms with Gasteiger partial charge in [-0.1, -0.05) is 0 Å². The summed E-state index contributed by atoms with van der Waals surface area (Å²) in [6.45, 7) is 2.05. The summed E-state index contributed by atoms with van der Waals surface area (Å²) in [6.07, 6.45) is 6.88. The second-order valence-corrected chi connectivity index (χ2v) is 5.24. The molecule has 5 nitrogen and oxygen atoms in total. The molecule has 1 fully saturated rings. The van der Waals surface area contributed by atoms with Crippen molar-refractivity contribution in [3.05, 3.63) is 23.2 Å². The number of piperidine rings is 1. The van der Waals surface area contributed by atoms with E-state index >= 15 is 0 Å². The van der Waals surface area contributed by atoms with E-state index in [0.29, 0.717) is 11.3 Å². The molecule has 0 spiro atoms. The molecule has 6 heteroatoms. The fraction of sp³-hybridized carbons (Fsp3) is 0.462. The number of aromatic nitrogens is 3. The van der Waals surface area contributed by atoms with Gasteiger partial charge in [0.2, 0.25) is 5.91 Å². The zero-order chi connectivity index (χ0) is 13.2. The third-order valence-corrected chi connectivity index (χ3v) is 3.90. The molecule has 0 radical (unpaired) electrons. The molecule has 0 atom stereocenters. The third-order valence-electron chi connectivity index (χ3n) is 3.58. The summed E-state index contributed by atoms with van der Waals surface area (Å²) in [4.78, 5) is 21.4. The van der Waals surface area contributed by atoms with Gasteiger partial charge in [0.05, 0.1) is 17.2 Å². The van der Waals surface area contributed by atoms with E-state index in [1.807, 2.05) is 15.5 Å². The van der Waals surface area contributed by atoms with Crippen molar-refractivity contribution < 1.29 is 4.79 Å². The largest absolute Gasteiger partial charge is 0.341 e. The molecule has 0 saturated carbocycles. The van der Waals surface area contributed by atoms with Crippen LogP contribution in [0.3, 0.4) is 0 Å². The Labute approximate surface area is 116 Å². The van der Waals surface area contributed by atoms with Crippen LogP contribution < -0.4 is 0 Å². The molecule has 1 amide bonds. The maximum Gasteiger partial charge on any atom is 0.242 e. The maximum atomic E-state index is 12.3. The van der Waals surface area contributed by atoms with E-state index in [2.05, 4.69) is 9.97 Å². The van der Waals surface area contributed by atoms with Crippen LogP contribution in [0.2, 0.25) is 0 Å².